The van der Waals surface area contributed by atoms with Gasteiger partial charge in [0, 0.05) is 18.5 Å². The average Bonchev–Trinajstić information content (AvgIpc) is 2.84. The second kappa shape index (κ2) is 5.47. The van der Waals surface area contributed by atoms with Gasteiger partial charge in [0.25, 0.3) is 0 Å². The molecule has 1 amide bonds. The number of fused-ring (bicyclic) bond motifs is 1. The lowest BCUT2D eigenvalue weighted by molar-refractivity contribution is 0.0260. The summed E-state index contributed by atoms with van der Waals surface area (Å²) in [5.74, 6) is 0.486. The van der Waals surface area contributed by atoms with Crippen molar-refractivity contribution in [1.82, 2.24) is 4.90 Å². The molecular weight excluding hydrogens is 361 g/mol. The Balaban J connectivity index is 1.77. The first-order chi connectivity index (χ1) is 10.7. The summed E-state index contributed by atoms with van der Waals surface area (Å²) in [6.45, 7) is 9.02. The third kappa shape index (κ3) is 2.67. The molecule has 2 atom stereocenters. The molecule has 0 radical (unpaired) electrons. The number of amides is 1. The van der Waals surface area contributed by atoms with E-state index in [9.17, 15) is 9.18 Å². The molecule has 2 unspecified atom stereocenters. The van der Waals surface area contributed by atoms with E-state index in [-0.39, 0.29) is 17.3 Å². The van der Waals surface area contributed by atoms with E-state index in [1.54, 1.807) is 11.0 Å². The van der Waals surface area contributed by atoms with E-state index in [1.807, 2.05) is 32.9 Å². The molecule has 1 aliphatic carbocycles. The van der Waals surface area contributed by atoms with Crippen molar-refractivity contribution in [3.05, 3.63) is 34.1 Å². The van der Waals surface area contributed by atoms with E-state index in [2.05, 4.69) is 22.9 Å². The molecule has 2 fully saturated rings. The van der Waals surface area contributed by atoms with Gasteiger partial charge < -0.3 is 9.64 Å². The lowest BCUT2D eigenvalue weighted by Gasteiger charge is -2.29. The molecule has 5 heteroatoms. The Morgan fingerprint density at radius 3 is 2.52 bits per heavy atom. The van der Waals surface area contributed by atoms with Crippen LogP contribution in [0.5, 0.6) is 0 Å². The molecule has 1 saturated heterocycles. The van der Waals surface area contributed by atoms with Gasteiger partial charge in [0.1, 0.15) is 11.4 Å². The molecule has 3 rings (SSSR count). The van der Waals surface area contributed by atoms with Gasteiger partial charge in [-0.05, 0) is 66.6 Å². The molecule has 1 saturated carbocycles. The molecule has 1 heterocycles. The maximum Gasteiger partial charge on any atom is 0.410 e. The molecule has 1 aromatic carbocycles. The monoisotopic (exact) mass is 383 g/mol. The predicted molar refractivity (Wildman–Crippen MR) is 90.9 cm³/mol. The highest BCUT2D eigenvalue weighted by Gasteiger charge is 2.69. The van der Waals surface area contributed by atoms with Gasteiger partial charge in [0.2, 0.25) is 0 Å². The number of ether oxygens (including phenoxy) is 1. The van der Waals surface area contributed by atoms with Crippen LogP contribution in [0.2, 0.25) is 0 Å². The number of rotatable bonds is 2. The number of halogens is 2. The first-order valence-corrected chi connectivity index (χ1v) is 8.92. The van der Waals surface area contributed by atoms with E-state index >= 15 is 0 Å². The minimum Gasteiger partial charge on any atom is -0.444 e. The maximum atomic E-state index is 14.6. The number of carbonyl (C=O) groups is 1. The third-order valence-electron chi connectivity index (χ3n) is 5.22. The smallest absolute Gasteiger partial charge is 0.410 e. The van der Waals surface area contributed by atoms with Gasteiger partial charge >= 0.3 is 6.09 Å². The quantitative estimate of drug-likeness (QED) is 0.738. The van der Waals surface area contributed by atoms with Crippen LogP contribution in [0.1, 0.15) is 39.7 Å². The second-order valence-electron chi connectivity index (χ2n) is 7.59. The largest absolute Gasteiger partial charge is 0.444 e. The van der Waals surface area contributed by atoms with E-state index in [1.165, 1.54) is 0 Å². The highest BCUT2D eigenvalue weighted by molar-refractivity contribution is 9.10. The Morgan fingerprint density at radius 2 is 2.00 bits per heavy atom. The van der Waals surface area contributed by atoms with Crippen LogP contribution in [0.15, 0.2) is 22.7 Å². The van der Waals surface area contributed by atoms with Crippen molar-refractivity contribution in [1.29, 1.82) is 0 Å². The van der Waals surface area contributed by atoms with E-state index in [0.717, 1.165) is 12.0 Å². The van der Waals surface area contributed by atoms with Crippen molar-refractivity contribution < 1.29 is 13.9 Å². The van der Waals surface area contributed by atoms with Gasteiger partial charge in [0.15, 0.2) is 0 Å². The first-order valence-electron chi connectivity index (χ1n) is 8.13. The van der Waals surface area contributed by atoms with Gasteiger partial charge in [-0.15, -0.1) is 0 Å². The van der Waals surface area contributed by atoms with Crippen LogP contribution < -0.4 is 0 Å². The van der Waals surface area contributed by atoms with Gasteiger partial charge in [0.05, 0.1) is 4.47 Å². The fourth-order valence-electron chi connectivity index (χ4n) is 4.19. The Morgan fingerprint density at radius 1 is 1.39 bits per heavy atom. The Labute approximate surface area is 145 Å². The Kier molecular flexibility index (Phi) is 3.98. The van der Waals surface area contributed by atoms with E-state index in [0.29, 0.717) is 29.4 Å². The number of carbonyl (C=O) groups excluding carboxylic acids is 1. The minimum absolute atomic E-state index is 0.133. The maximum absolute atomic E-state index is 14.6. The number of hydrogen-bond donors (Lipinski definition) is 0. The molecule has 0 N–H and O–H groups in total. The predicted octanol–water partition coefficient (Wildman–Crippen LogP) is 4.73. The summed E-state index contributed by atoms with van der Waals surface area (Å²) in [6.07, 6.45) is 0.627. The summed E-state index contributed by atoms with van der Waals surface area (Å²) >= 11 is 3.28. The zero-order valence-electron chi connectivity index (χ0n) is 14.0. The summed E-state index contributed by atoms with van der Waals surface area (Å²) < 4.78 is 20.5. The van der Waals surface area contributed by atoms with Crippen LogP contribution in [0.3, 0.4) is 0 Å². The van der Waals surface area contributed by atoms with E-state index in [4.69, 9.17) is 4.74 Å². The second-order valence-corrected chi connectivity index (χ2v) is 8.45. The molecule has 1 aromatic rings. The summed E-state index contributed by atoms with van der Waals surface area (Å²) in [4.78, 5) is 14.0. The zero-order valence-corrected chi connectivity index (χ0v) is 15.6. The summed E-state index contributed by atoms with van der Waals surface area (Å²) in [6, 6.07) is 5.51. The highest BCUT2D eigenvalue weighted by atomic mass is 79.9. The molecule has 3 nitrogen and oxygen atoms in total. The summed E-state index contributed by atoms with van der Waals surface area (Å²) in [7, 11) is 0. The number of likely N-dealkylation sites (tertiary alicyclic amines) is 1. The SMILES string of the molecule is CCC1(c2cccc(Br)c2F)C2CN(C(=O)OC(C)(C)C)CC21. The minimum atomic E-state index is -0.484. The fourth-order valence-corrected chi connectivity index (χ4v) is 4.55. The Bertz CT molecular complexity index is 628. The van der Waals surface area contributed by atoms with Crippen LogP contribution in [-0.4, -0.2) is 29.7 Å². The molecule has 0 spiro atoms. The van der Waals surface area contributed by atoms with Crippen LogP contribution in [0.25, 0.3) is 0 Å². The first kappa shape index (κ1) is 16.7. The van der Waals surface area contributed by atoms with Crippen molar-refractivity contribution in [3.8, 4) is 0 Å². The van der Waals surface area contributed by atoms with Gasteiger partial charge in [-0.3, -0.25) is 0 Å². The molecule has 0 aromatic heterocycles. The molecule has 0 bridgehead atoms. The zero-order chi connectivity index (χ0) is 17.0. The lowest BCUT2D eigenvalue weighted by Crippen LogP contribution is -2.39. The molecular formula is C18H23BrFNO2. The van der Waals surface area contributed by atoms with Gasteiger partial charge in [-0.25, -0.2) is 9.18 Å². The molecule has 1 aliphatic heterocycles. The van der Waals surface area contributed by atoms with Crippen molar-refractivity contribution in [3.63, 3.8) is 0 Å². The normalized spacial score (nSPS) is 29.4. The van der Waals surface area contributed by atoms with Crippen molar-refractivity contribution in [2.75, 3.05) is 13.1 Å². The van der Waals surface area contributed by atoms with E-state index < -0.39 is 5.60 Å². The van der Waals surface area contributed by atoms with Crippen LogP contribution in [0, 0.1) is 17.7 Å². The van der Waals surface area contributed by atoms with Crippen molar-refractivity contribution in [2.45, 2.75) is 45.1 Å². The topological polar surface area (TPSA) is 29.5 Å². The van der Waals surface area contributed by atoms with Crippen LogP contribution in [0.4, 0.5) is 9.18 Å². The van der Waals surface area contributed by atoms with Crippen molar-refractivity contribution >= 4 is 22.0 Å². The number of nitrogens with zero attached hydrogens (tertiary/aromatic N) is 1. The molecule has 126 valence electrons. The third-order valence-corrected chi connectivity index (χ3v) is 5.84. The molecule has 23 heavy (non-hydrogen) atoms. The van der Waals surface area contributed by atoms with Crippen LogP contribution >= 0.6 is 15.9 Å². The van der Waals surface area contributed by atoms with Crippen molar-refractivity contribution in [2.24, 2.45) is 11.8 Å². The fraction of sp³-hybridized carbons (Fsp3) is 0.611. The summed E-state index contributed by atoms with van der Waals surface area (Å²) in [5.41, 5.74) is 0.169. The molecule has 2 aliphatic rings. The number of benzene rings is 1. The average molecular weight is 384 g/mol. The number of piperidine rings is 1. The number of hydrogen-bond acceptors (Lipinski definition) is 2. The Hall–Kier alpha value is -1.10. The standard InChI is InChI=1S/C18H23BrFNO2/c1-5-18(11-7-6-8-14(19)15(11)20)12-9-21(10-13(12)18)16(22)23-17(2,3)4/h6-8,12-13H,5,9-10H2,1-4H3. The summed E-state index contributed by atoms with van der Waals surface area (Å²) in [5, 5.41) is 0. The lowest BCUT2D eigenvalue weighted by atomic mass is 9.87. The highest BCUT2D eigenvalue weighted by Crippen LogP contribution is 2.66. The van der Waals surface area contributed by atoms with Crippen LogP contribution in [-0.2, 0) is 10.2 Å². The van der Waals surface area contributed by atoms with Gasteiger partial charge in [-0.2, -0.15) is 0 Å². The van der Waals surface area contributed by atoms with Gasteiger partial charge in [-0.1, -0.05) is 19.1 Å².